The van der Waals surface area contributed by atoms with E-state index < -0.39 is 0 Å². The van der Waals surface area contributed by atoms with Crippen molar-refractivity contribution in [1.82, 2.24) is 5.32 Å². The molecule has 4 nitrogen and oxygen atoms in total. The van der Waals surface area contributed by atoms with Gasteiger partial charge in [-0.15, -0.1) is 0 Å². The lowest BCUT2D eigenvalue weighted by Gasteiger charge is -2.09. The Bertz CT molecular complexity index is 1180. The second-order valence-corrected chi connectivity index (χ2v) is 8.87. The Kier molecular flexibility index (Phi) is 6.88. The summed E-state index contributed by atoms with van der Waals surface area (Å²) in [6, 6.07) is 19.9. The van der Waals surface area contributed by atoms with Crippen molar-refractivity contribution in [1.29, 1.82) is 0 Å². The van der Waals surface area contributed by atoms with E-state index in [4.69, 9.17) is 39.5 Å². The number of nitrogens with one attached hydrogen (secondary N) is 1. The van der Waals surface area contributed by atoms with Gasteiger partial charge in [0.15, 0.2) is 5.17 Å². The van der Waals surface area contributed by atoms with Gasteiger partial charge in [-0.05, 0) is 77.5 Å². The number of thioether (sulfide) groups is 1. The number of benzene rings is 3. The Morgan fingerprint density at radius 3 is 2.29 bits per heavy atom. The lowest BCUT2D eigenvalue weighted by Crippen LogP contribution is -2.19. The fourth-order valence-corrected chi connectivity index (χ4v) is 4.07. The Hall–Kier alpha value is -2.44. The largest absolute Gasteiger partial charge is 0.487 e. The molecule has 1 fully saturated rings. The van der Waals surface area contributed by atoms with Crippen LogP contribution in [0.25, 0.3) is 6.08 Å². The van der Waals surface area contributed by atoms with Gasteiger partial charge in [0.05, 0.1) is 15.6 Å². The van der Waals surface area contributed by atoms with Crippen molar-refractivity contribution >= 4 is 69.4 Å². The predicted octanol–water partition coefficient (Wildman–Crippen LogP) is 7.12. The first-order valence-corrected chi connectivity index (χ1v) is 11.1. The van der Waals surface area contributed by atoms with E-state index in [1.807, 2.05) is 30.3 Å². The van der Waals surface area contributed by atoms with Crippen molar-refractivity contribution in [3.63, 3.8) is 0 Å². The standard InChI is InChI=1S/C23H15Cl3N2O2S/c24-16-4-1-14(2-5-16)13-30-20-10-3-15(11-19(20)26)12-21-22(29)28-23(31-21)27-18-8-6-17(25)7-9-18/h1-12H,13H2,(H,27,28,29)/b21-12-. The number of amides is 1. The molecule has 4 rings (SSSR count). The molecule has 156 valence electrons. The normalized spacial score (nSPS) is 16.0. The highest BCUT2D eigenvalue weighted by Gasteiger charge is 2.23. The first-order valence-electron chi connectivity index (χ1n) is 9.18. The first-order chi connectivity index (χ1) is 15.0. The molecule has 1 heterocycles. The SMILES string of the molecule is O=C1NC(=Nc2ccc(Cl)cc2)S/C1=C\c1ccc(OCc2ccc(Cl)cc2)c(Cl)c1. The van der Waals surface area contributed by atoms with E-state index >= 15 is 0 Å². The van der Waals surface area contributed by atoms with Crippen LogP contribution in [-0.4, -0.2) is 11.1 Å². The van der Waals surface area contributed by atoms with E-state index in [1.54, 1.807) is 42.5 Å². The number of nitrogens with zero attached hydrogens (tertiary/aromatic N) is 1. The number of rotatable bonds is 5. The second kappa shape index (κ2) is 9.79. The van der Waals surface area contributed by atoms with Crippen LogP contribution in [0.15, 0.2) is 76.6 Å². The second-order valence-electron chi connectivity index (χ2n) is 6.56. The van der Waals surface area contributed by atoms with Crippen LogP contribution in [0.1, 0.15) is 11.1 Å². The third-order valence-corrected chi connectivity index (χ3v) is 5.98. The van der Waals surface area contributed by atoms with Gasteiger partial charge in [-0.2, -0.15) is 0 Å². The Morgan fingerprint density at radius 1 is 0.935 bits per heavy atom. The minimum Gasteiger partial charge on any atom is -0.487 e. The molecule has 31 heavy (non-hydrogen) atoms. The number of carbonyl (C=O) groups is 1. The Balaban J connectivity index is 1.44. The molecule has 1 aliphatic heterocycles. The molecule has 0 unspecified atom stereocenters. The minimum absolute atomic E-state index is 0.211. The minimum atomic E-state index is -0.211. The number of carbonyl (C=O) groups excluding carboxylic acids is 1. The summed E-state index contributed by atoms with van der Waals surface area (Å²) in [6.07, 6.45) is 1.76. The summed E-state index contributed by atoms with van der Waals surface area (Å²) in [4.78, 5) is 17.3. The molecule has 0 aliphatic carbocycles. The molecule has 1 aliphatic rings. The van der Waals surface area contributed by atoms with E-state index in [9.17, 15) is 4.79 Å². The maximum Gasteiger partial charge on any atom is 0.264 e. The maximum absolute atomic E-state index is 12.3. The molecule has 0 saturated carbocycles. The molecule has 3 aromatic rings. The van der Waals surface area contributed by atoms with Crippen molar-refractivity contribution in [3.05, 3.63) is 97.8 Å². The van der Waals surface area contributed by atoms with Gasteiger partial charge < -0.3 is 10.1 Å². The number of halogens is 3. The van der Waals surface area contributed by atoms with Crippen molar-refractivity contribution < 1.29 is 9.53 Å². The van der Waals surface area contributed by atoms with Gasteiger partial charge in [0.1, 0.15) is 12.4 Å². The van der Waals surface area contributed by atoms with Crippen LogP contribution in [0.3, 0.4) is 0 Å². The average molecular weight is 490 g/mol. The smallest absolute Gasteiger partial charge is 0.264 e. The number of ether oxygens (including phenoxy) is 1. The topological polar surface area (TPSA) is 50.7 Å². The quantitative estimate of drug-likeness (QED) is 0.388. The van der Waals surface area contributed by atoms with E-state index in [1.165, 1.54) is 11.8 Å². The van der Waals surface area contributed by atoms with Crippen molar-refractivity contribution in [3.8, 4) is 5.75 Å². The van der Waals surface area contributed by atoms with Gasteiger partial charge in [-0.25, -0.2) is 4.99 Å². The van der Waals surface area contributed by atoms with Gasteiger partial charge in [-0.3, -0.25) is 4.79 Å². The highest BCUT2D eigenvalue weighted by molar-refractivity contribution is 8.18. The number of amidine groups is 1. The van der Waals surface area contributed by atoms with E-state index in [0.717, 1.165) is 11.1 Å². The van der Waals surface area contributed by atoms with Crippen molar-refractivity contribution in [2.75, 3.05) is 0 Å². The molecule has 0 spiro atoms. The summed E-state index contributed by atoms with van der Waals surface area (Å²) in [7, 11) is 0. The van der Waals surface area contributed by atoms with Gasteiger partial charge in [0.25, 0.3) is 5.91 Å². The monoisotopic (exact) mass is 488 g/mol. The zero-order valence-corrected chi connectivity index (χ0v) is 19.0. The summed E-state index contributed by atoms with van der Waals surface area (Å²) >= 11 is 19.4. The van der Waals surface area contributed by atoms with Gasteiger partial charge in [0.2, 0.25) is 0 Å². The zero-order chi connectivity index (χ0) is 21.8. The molecule has 0 atom stereocenters. The van der Waals surface area contributed by atoms with E-state index in [2.05, 4.69) is 10.3 Å². The molecule has 8 heteroatoms. The van der Waals surface area contributed by atoms with Crippen LogP contribution in [0.4, 0.5) is 5.69 Å². The summed E-state index contributed by atoms with van der Waals surface area (Å²) in [6.45, 7) is 0.375. The van der Waals surface area contributed by atoms with Crippen molar-refractivity contribution in [2.45, 2.75) is 6.61 Å². The van der Waals surface area contributed by atoms with Crippen LogP contribution in [-0.2, 0) is 11.4 Å². The molecule has 0 bridgehead atoms. The van der Waals surface area contributed by atoms with Crippen LogP contribution < -0.4 is 10.1 Å². The van der Waals surface area contributed by atoms with E-state index in [-0.39, 0.29) is 5.91 Å². The summed E-state index contributed by atoms with van der Waals surface area (Å²) in [5, 5.41) is 5.03. The van der Waals surface area contributed by atoms with Gasteiger partial charge >= 0.3 is 0 Å². The molecule has 3 aromatic carbocycles. The highest BCUT2D eigenvalue weighted by atomic mass is 35.5. The van der Waals surface area contributed by atoms with Gasteiger partial charge in [0, 0.05) is 10.0 Å². The average Bonchev–Trinajstić information content (AvgIpc) is 3.09. The van der Waals surface area contributed by atoms with Crippen molar-refractivity contribution in [2.24, 2.45) is 4.99 Å². The predicted molar refractivity (Wildman–Crippen MR) is 129 cm³/mol. The molecule has 1 amide bonds. The molecular weight excluding hydrogens is 475 g/mol. The fourth-order valence-electron chi connectivity index (χ4n) is 2.73. The van der Waals surface area contributed by atoms with Crippen LogP contribution in [0, 0.1) is 0 Å². The molecule has 0 radical (unpaired) electrons. The highest BCUT2D eigenvalue weighted by Crippen LogP contribution is 2.31. The molecule has 1 saturated heterocycles. The molecule has 0 aromatic heterocycles. The Morgan fingerprint density at radius 2 is 1.61 bits per heavy atom. The third-order valence-electron chi connectivity index (χ3n) is 4.27. The Labute approximate surface area is 198 Å². The lowest BCUT2D eigenvalue weighted by molar-refractivity contribution is -0.115. The first kappa shape index (κ1) is 21.8. The molecule has 1 N–H and O–H groups in total. The number of aliphatic imine (C=N–C) groups is 1. The fraction of sp³-hybridized carbons (Fsp3) is 0.0435. The summed E-state index contributed by atoms with van der Waals surface area (Å²) in [5.41, 5.74) is 2.48. The van der Waals surface area contributed by atoms with Gasteiger partial charge in [-0.1, -0.05) is 53.0 Å². The zero-order valence-electron chi connectivity index (χ0n) is 15.9. The number of hydrogen-bond donors (Lipinski definition) is 1. The van der Waals surface area contributed by atoms with Crippen LogP contribution >= 0.6 is 46.6 Å². The molecular formula is C23H15Cl3N2O2S. The summed E-state index contributed by atoms with van der Waals surface area (Å²) in [5.74, 6) is 0.351. The maximum atomic E-state index is 12.3. The third kappa shape index (κ3) is 5.83. The number of hydrogen-bond acceptors (Lipinski definition) is 4. The van der Waals surface area contributed by atoms with Crippen LogP contribution in [0.2, 0.25) is 15.1 Å². The summed E-state index contributed by atoms with van der Waals surface area (Å²) < 4.78 is 5.79. The van der Waals surface area contributed by atoms with E-state index in [0.29, 0.717) is 43.2 Å². The lowest BCUT2D eigenvalue weighted by atomic mass is 10.2. The van der Waals surface area contributed by atoms with Crippen LogP contribution in [0.5, 0.6) is 5.75 Å².